The van der Waals surface area contributed by atoms with Crippen LogP contribution >= 0.6 is 0 Å². The second-order valence-electron chi connectivity index (χ2n) is 17.3. The van der Waals surface area contributed by atoms with Crippen molar-refractivity contribution in [1.82, 2.24) is 29.7 Å². The van der Waals surface area contributed by atoms with Gasteiger partial charge in [0, 0.05) is 22.7 Å². The van der Waals surface area contributed by atoms with Crippen molar-refractivity contribution in [3.05, 3.63) is 301 Å². The number of benzene rings is 8. The van der Waals surface area contributed by atoms with E-state index in [0.29, 0.717) is 35.1 Å². The van der Waals surface area contributed by atoms with Crippen molar-refractivity contribution in [1.29, 1.82) is 0 Å². The maximum absolute atomic E-state index is 5.78. The molecule has 0 aliphatic carbocycles. The third-order valence-corrected chi connectivity index (χ3v) is 12.9. The van der Waals surface area contributed by atoms with E-state index in [0.717, 1.165) is 68.0 Å². The molecule has 13 rings (SSSR count). The van der Waals surface area contributed by atoms with Crippen LogP contribution in [0.25, 0.3) is 22.5 Å². The summed E-state index contributed by atoms with van der Waals surface area (Å²) < 4.78 is 4.36. The number of aromatic nitrogens is 4. The van der Waals surface area contributed by atoms with Gasteiger partial charge < -0.3 is 10.6 Å². The molecule has 0 amide bonds. The number of hydrogen-bond acceptors (Lipinski definition) is 9. The molecule has 11 heteroatoms. The van der Waals surface area contributed by atoms with Crippen LogP contribution in [0, 0.1) is 0 Å². The van der Waals surface area contributed by atoms with Crippen LogP contribution in [0.1, 0.15) is 22.8 Å². The van der Waals surface area contributed by atoms with Gasteiger partial charge in [-0.2, -0.15) is 0 Å². The number of fused-ring (bicyclic) bond motifs is 8. The Balaban J connectivity index is 1.19. The van der Waals surface area contributed by atoms with Crippen LogP contribution in [0.5, 0.6) is 0 Å². The fourth-order valence-corrected chi connectivity index (χ4v) is 9.58. The lowest BCUT2D eigenvalue weighted by Gasteiger charge is -2.25. The minimum absolute atomic E-state index is 0.538. The molecule has 0 saturated heterocycles. The Kier molecular flexibility index (Phi) is 10.5. The first-order chi connectivity index (χ1) is 35.7. The standard InChI is InChI=1S/C61H45N11/c1-9-25-44(26-10-1)55-57-62-52(41-67(57)46-29-13-3-14-30-46)70(49-35-19-6-20-36-49)53-42-68(47-31-15-4-16-32-47)59(63-53)56(45-27-11-2-12-28-45)60-65-61(66-72(60)51-39-23-8-24-40-51)71(50-37-21-7-22-38-50)54-43-69(58(55)64-54)48-33-17-5-18-34-48/h1-43,62H,(H,65,66). The van der Waals surface area contributed by atoms with Crippen molar-refractivity contribution in [2.45, 2.75) is 0 Å². The minimum atomic E-state index is 0.538. The van der Waals surface area contributed by atoms with Crippen LogP contribution in [0.3, 0.4) is 0 Å². The molecule has 2 N–H and O–H groups in total. The first kappa shape index (κ1) is 42.0. The van der Waals surface area contributed by atoms with Crippen LogP contribution in [0.15, 0.2) is 284 Å². The monoisotopic (exact) mass is 931 g/mol. The van der Waals surface area contributed by atoms with Crippen molar-refractivity contribution >= 4 is 51.5 Å². The minimum Gasteiger partial charge on any atom is -0.325 e. The highest BCUT2D eigenvalue weighted by atomic mass is 15.6. The van der Waals surface area contributed by atoms with E-state index < -0.39 is 0 Å². The van der Waals surface area contributed by atoms with Crippen molar-refractivity contribution < 1.29 is 0 Å². The predicted octanol–water partition coefficient (Wildman–Crippen LogP) is 12.8. The number of guanidine groups is 1. The second kappa shape index (κ2) is 18.1. The zero-order chi connectivity index (χ0) is 47.8. The number of hydrogen-bond donors (Lipinski definition) is 2. The normalized spacial score (nSPS) is 14.3. The summed E-state index contributed by atoms with van der Waals surface area (Å²) in [6, 6.07) is 83.1. The number of para-hydroxylation sites is 6. The van der Waals surface area contributed by atoms with Gasteiger partial charge in [0.05, 0.1) is 41.1 Å². The summed E-state index contributed by atoms with van der Waals surface area (Å²) in [5.74, 6) is 5.54. The molecule has 0 spiro atoms. The van der Waals surface area contributed by atoms with Gasteiger partial charge in [-0.15, -0.1) is 5.10 Å². The Morgan fingerprint density at radius 2 is 0.708 bits per heavy atom. The molecular weight excluding hydrogens is 887 g/mol. The van der Waals surface area contributed by atoms with E-state index in [4.69, 9.17) is 15.1 Å². The molecule has 2 aromatic heterocycles. The van der Waals surface area contributed by atoms with Gasteiger partial charge in [0.15, 0.2) is 23.3 Å². The number of hydrazone groups is 1. The topological polar surface area (TPSA) is 85.0 Å². The maximum atomic E-state index is 5.78. The molecule has 5 heterocycles. The molecule has 8 bridgehead atoms. The van der Waals surface area contributed by atoms with Gasteiger partial charge in [-0.3, -0.25) is 23.8 Å². The second-order valence-corrected chi connectivity index (χ2v) is 17.3. The van der Waals surface area contributed by atoms with Crippen LogP contribution in [-0.2, 0) is 0 Å². The van der Waals surface area contributed by atoms with E-state index in [1.807, 2.05) is 77.8 Å². The van der Waals surface area contributed by atoms with Gasteiger partial charge in [0.2, 0.25) is 5.96 Å². The van der Waals surface area contributed by atoms with Crippen LogP contribution in [0.2, 0.25) is 0 Å². The lowest BCUT2D eigenvalue weighted by molar-refractivity contribution is 0.932. The smallest absolute Gasteiger partial charge is 0.233 e. The Morgan fingerprint density at radius 1 is 0.333 bits per heavy atom. The molecule has 0 fully saturated rings. The fourth-order valence-electron chi connectivity index (χ4n) is 9.58. The number of rotatable bonds is 8. The van der Waals surface area contributed by atoms with E-state index in [-0.39, 0.29) is 0 Å². The van der Waals surface area contributed by atoms with Crippen LogP contribution in [0.4, 0.5) is 34.4 Å². The summed E-state index contributed by atoms with van der Waals surface area (Å²) in [5.41, 5.74) is 9.05. The zero-order valence-corrected chi connectivity index (χ0v) is 38.9. The maximum Gasteiger partial charge on any atom is 0.233 e. The summed E-state index contributed by atoms with van der Waals surface area (Å²) in [6.07, 6.45) is 6.40. The Hall–Kier alpha value is -10.1. The first-order valence-corrected chi connectivity index (χ1v) is 23.9. The number of imidazole rings is 2. The van der Waals surface area contributed by atoms with Crippen molar-refractivity contribution in [3.8, 4) is 11.4 Å². The van der Waals surface area contributed by atoms with E-state index in [9.17, 15) is 0 Å². The summed E-state index contributed by atoms with van der Waals surface area (Å²) in [5, 5.41) is 15.5. The number of anilines is 6. The van der Waals surface area contributed by atoms with Crippen LogP contribution in [-0.4, -0.2) is 25.1 Å². The molecule has 10 aromatic rings. The van der Waals surface area contributed by atoms with Gasteiger partial charge in [0.25, 0.3) is 0 Å². The number of nitrogens with one attached hydrogen (secondary N) is 2. The fraction of sp³-hybridized carbons (Fsp3) is 0. The first-order valence-electron chi connectivity index (χ1n) is 23.9. The summed E-state index contributed by atoms with van der Waals surface area (Å²) in [6.45, 7) is 0. The molecule has 11 nitrogen and oxygen atoms in total. The van der Waals surface area contributed by atoms with Gasteiger partial charge in [-0.05, 0) is 83.9 Å². The molecule has 3 aliphatic rings. The molecule has 0 unspecified atom stereocenters. The largest absolute Gasteiger partial charge is 0.325 e. The van der Waals surface area contributed by atoms with Gasteiger partial charge >= 0.3 is 0 Å². The summed E-state index contributed by atoms with van der Waals surface area (Å²) in [7, 11) is 0. The van der Waals surface area contributed by atoms with Gasteiger partial charge in [-0.25, -0.2) is 15.0 Å². The quantitative estimate of drug-likeness (QED) is 0.156. The highest BCUT2D eigenvalue weighted by Gasteiger charge is 2.37. The Morgan fingerprint density at radius 3 is 1.18 bits per heavy atom. The average molecular weight is 932 g/mol. The Bertz CT molecular complexity index is 3420. The molecule has 0 saturated carbocycles. The SMILES string of the molecule is C1=C2NC(=C(c3ccccc3)c3nc(cn3-c3ccccc3)N(c3ccccc3)C3=NN(c4ccccc4)C(=C(c4ccccc4)c4nc(cn4-c4ccccc4)N2c2ccccc2)N3)N1c1ccccc1. The molecule has 0 radical (unpaired) electrons. The van der Waals surface area contributed by atoms with Crippen molar-refractivity contribution in [3.63, 3.8) is 0 Å². The molecule has 0 atom stereocenters. The van der Waals surface area contributed by atoms with E-state index in [1.165, 1.54) is 0 Å². The molecule has 3 aliphatic heterocycles. The predicted molar refractivity (Wildman–Crippen MR) is 289 cm³/mol. The van der Waals surface area contributed by atoms with E-state index in [2.05, 4.69) is 223 Å². The highest BCUT2D eigenvalue weighted by molar-refractivity contribution is 6.07. The average Bonchev–Trinajstić information content (AvgIpc) is 4.28. The van der Waals surface area contributed by atoms with E-state index >= 15 is 0 Å². The molecule has 8 aromatic carbocycles. The number of nitrogens with zero attached hydrogens (tertiary/aromatic N) is 9. The third kappa shape index (κ3) is 7.54. The lowest BCUT2D eigenvalue weighted by Crippen LogP contribution is -2.36. The van der Waals surface area contributed by atoms with Crippen LogP contribution < -0.4 is 30.3 Å². The molecular formula is C61H45N11. The van der Waals surface area contributed by atoms with Gasteiger partial charge in [0.1, 0.15) is 17.5 Å². The van der Waals surface area contributed by atoms with Crippen molar-refractivity contribution in [2.24, 2.45) is 5.10 Å². The van der Waals surface area contributed by atoms with E-state index in [1.54, 1.807) is 0 Å². The molecule has 72 heavy (non-hydrogen) atoms. The summed E-state index contributed by atoms with van der Waals surface area (Å²) in [4.78, 5) is 18.1. The molecule has 344 valence electrons. The lowest BCUT2D eigenvalue weighted by atomic mass is 10.0. The Labute approximate surface area is 417 Å². The third-order valence-electron chi connectivity index (χ3n) is 12.9. The summed E-state index contributed by atoms with van der Waals surface area (Å²) >= 11 is 0. The zero-order valence-electron chi connectivity index (χ0n) is 38.9. The van der Waals surface area contributed by atoms with Crippen molar-refractivity contribution in [2.75, 3.05) is 19.7 Å². The highest BCUT2D eigenvalue weighted by Crippen LogP contribution is 2.43. The van der Waals surface area contributed by atoms with Gasteiger partial charge in [-0.1, -0.05) is 170 Å².